The Hall–Kier alpha value is -1.84. The molecule has 1 aromatic carbocycles. The highest BCUT2D eigenvalue weighted by molar-refractivity contribution is 5.97. The van der Waals surface area contributed by atoms with Crippen LogP contribution in [0.15, 0.2) is 18.2 Å². The van der Waals surface area contributed by atoms with Crippen molar-refractivity contribution >= 4 is 11.9 Å². The highest BCUT2D eigenvalue weighted by atomic mass is 16.4. The van der Waals surface area contributed by atoms with Crippen molar-refractivity contribution in [2.45, 2.75) is 39.2 Å². The Morgan fingerprint density at radius 2 is 1.79 bits per heavy atom. The zero-order valence-corrected chi connectivity index (χ0v) is 11.3. The van der Waals surface area contributed by atoms with E-state index >= 15 is 0 Å². The number of piperidine rings is 1. The Bertz CT molecular complexity index is 490. The molecule has 2 rings (SSSR count). The molecule has 1 atom stereocenters. The molecule has 0 spiro atoms. The summed E-state index contributed by atoms with van der Waals surface area (Å²) >= 11 is 0. The second-order valence-corrected chi connectivity index (χ2v) is 5.22. The fourth-order valence-electron chi connectivity index (χ4n) is 2.70. The topological polar surface area (TPSA) is 57.6 Å². The van der Waals surface area contributed by atoms with Gasteiger partial charge in [-0.1, -0.05) is 17.2 Å². The molecule has 1 N–H and O–H groups in total. The number of aliphatic carboxylic acids is 1. The molecular weight excluding hydrogens is 242 g/mol. The van der Waals surface area contributed by atoms with E-state index < -0.39 is 12.0 Å². The summed E-state index contributed by atoms with van der Waals surface area (Å²) in [6, 6.07) is 4.97. The fraction of sp³-hybridized carbons (Fsp3) is 0.467. The second-order valence-electron chi connectivity index (χ2n) is 5.22. The van der Waals surface area contributed by atoms with Gasteiger partial charge in [-0.15, -0.1) is 0 Å². The predicted octanol–water partition coefficient (Wildman–Crippen LogP) is 2.38. The smallest absolute Gasteiger partial charge is 0.326 e. The third kappa shape index (κ3) is 2.95. The van der Waals surface area contributed by atoms with Crippen LogP contribution in [-0.4, -0.2) is 34.5 Å². The number of amides is 1. The maximum absolute atomic E-state index is 12.5. The van der Waals surface area contributed by atoms with Crippen LogP contribution in [0.1, 0.15) is 40.7 Å². The lowest BCUT2D eigenvalue weighted by Crippen LogP contribution is -2.48. The zero-order valence-electron chi connectivity index (χ0n) is 11.3. The van der Waals surface area contributed by atoms with Gasteiger partial charge in [0.1, 0.15) is 6.04 Å². The molecule has 1 aliphatic heterocycles. The van der Waals surface area contributed by atoms with E-state index in [1.807, 2.05) is 32.0 Å². The summed E-state index contributed by atoms with van der Waals surface area (Å²) in [5, 5.41) is 9.22. The second kappa shape index (κ2) is 5.43. The van der Waals surface area contributed by atoms with Gasteiger partial charge in [-0.2, -0.15) is 0 Å². The summed E-state index contributed by atoms with van der Waals surface area (Å²) in [5.41, 5.74) is 2.63. The van der Waals surface area contributed by atoms with Crippen molar-refractivity contribution in [1.29, 1.82) is 0 Å². The third-order valence-corrected chi connectivity index (χ3v) is 3.52. The number of carbonyl (C=O) groups excluding carboxylic acids is 1. The van der Waals surface area contributed by atoms with E-state index in [1.54, 1.807) is 0 Å². The number of rotatable bonds is 2. The Balaban J connectivity index is 2.28. The SMILES string of the molecule is Cc1cc(C)cc(C(=O)N2CCCCC2C(=O)O)c1. The van der Waals surface area contributed by atoms with Crippen LogP contribution in [0, 0.1) is 13.8 Å². The van der Waals surface area contributed by atoms with E-state index in [0.717, 1.165) is 24.0 Å². The lowest BCUT2D eigenvalue weighted by molar-refractivity contribution is -0.143. The summed E-state index contributed by atoms with van der Waals surface area (Å²) < 4.78 is 0. The van der Waals surface area contributed by atoms with Crippen LogP contribution in [0.25, 0.3) is 0 Å². The molecule has 1 fully saturated rings. The highest BCUT2D eigenvalue weighted by Crippen LogP contribution is 2.21. The van der Waals surface area contributed by atoms with Gasteiger partial charge >= 0.3 is 5.97 Å². The minimum absolute atomic E-state index is 0.168. The van der Waals surface area contributed by atoms with E-state index in [4.69, 9.17) is 0 Å². The number of benzene rings is 1. The quantitative estimate of drug-likeness (QED) is 0.889. The monoisotopic (exact) mass is 261 g/mol. The average Bonchev–Trinajstić information content (AvgIpc) is 2.36. The van der Waals surface area contributed by atoms with E-state index in [2.05, 4.69) is 0 Å². The van der Waals surface area contributed by atoms with Crippen LogP contribution in [0.5, 0.6) is 0 Å². The largest absolute Gasteiger partial charge is 0.480 e. The van der Waals surface area contributed by atoms with Gasteiger partial charge in [0, 0.05) is 12.1 Å². The summed E-state index contributed by atoms with van der Waals surface area (Å²) in [6.07, 6.45) is 2.29. The van der Waals surface area contributed by atoms with E-state index in [1.165, 1.54) is 4.90 Å². The van der Waals surface area contributed by atoms with Gasteiger partial charge in [0.2, 0.25) is 0 Å². The van der Waals surface area contributed by atoms with Gasteiger partial charge < -0.3 is 10.0 Å². The summed E-state index contributed by atoms with van der Waals surface area (Å²) in [4.78, 5) is 25.2. The molecule has 0 bridgehead atoms. The first-order valence-electron chi connectivity index (χ1n) is 6.61. The minimum Gasteiger partial charge on any atom is -0.480 e. The van der Waals surface area contributed by atoms with Gasteiger partial charge in [0.25, 0.3) is 5.91 Å². The van der Waals surface area contributed by atoms with Crippen LogP contribution in [0.2, 0.25) is 0 Å². The zero-order chi connectivity index (χ0) is 14.0. The van der Waals surface area contributed by atoms with Crippen LogP contribution in [-0.2, 0) is 4.79 Å². The standard InChI is InChI=1S/C15H19NO3/c1-10-7-11(2)9-12(8-10)14(17)16-6-4-3-5-13(16)15(18)19/h7-9,13H,3-6H2,1-2H3,(H,18,19). The maximum atomic E-state index is 12.5. The van der Waals surface area contributed by atoms with E-state index in [9.17, 15) is 14.7 Å². The lowest BCUT2D eigenvalue weighted by atomic mass is 9.99. The van der Waals surface area contributed by atoms with E-state index in [0.29, 0.717) is 18.5 Å². The molecule has 4 heteroatoms. The molecule has 102 valence electrons. The number of likely N-dealkylation sites (tertiary alicyclic amines) is 1. The van der Waals surface area contributed by atoms with Gasteiger partial charge in [0.05, 0.1) is 0 Å². The molecule has 1 aromatic rings. The summed E-state index contributed by atoms with van der Waals surface area (Å²) in [5.74, 6) is -1.07. The van der Waals surface area contributed by atoms with Crippen molar-refractivity contribution in [3.05, 3.63) is 34.9 Å². The molecule has 0 radical (unpaired) electrons. The average molecular weight is 261 g/mol. The van der Waals surface area contributed by atoms with Crippen molar-refractivity contribution in [2.24, 2.45) is 0 Å². The number of aryl methyl sites for hydroxylation is 2. The Morgan fingerprint density at radius 3 is 2.37 bits per heavy atom. The van der Waals surface area contributed by atoms with Gasteiger partial charge in [-0.3, -0.25) is 4.79 Å². The van der Waals surface area contributed by atoms with E-state index in [-0.39, 0.29) is 5.91 Å². The van der Waals surface area contributed by atoms with Crippen molar-refractivity contribution < 1.29 is 14.7 Å². The molecule has 0 aliphatic carbocycles. The van der Waals surface area contributed by atoms with Crippen LogP contribution < -0.4 is 0 Å². The number of carbonyl (C=O) groups is 2. The van der Waals surface area contributed by atoms with Crippen molar-refractivity contribution in [3.8, 4) is 0 Å². The number of hydrogen-bond donors (Lipinski definition) is 1. The molecule has 1 aliphatic rings. The fourth-order valence-corrected chi connectivity index (χ4v) is 2.70. The van der Waals surface area contributed by atoms with Gasteiger partial charge in [0.15, 0.2) is 0 Å². The summed E-state index contributed by atoms with van der Waals surface area (Å²) in [6.45, 7) is 4.41. The number of nitrogens with zero attached hydrogens (tertiary/aromatic N) is 1. The van der Waals surface area contributed by atoms with Crippen molar-refractivity contribution in [1.82, 2.24) is 4.90 Å². The third-order valence-electron chi connectivity index (χ3n) is 3.52. The molecule has 19 heavy (non-hydrogen) atoms. The van der Waals surface area contributed by atoms with Gasteiger partial charge in [-0.05, 0) is 45.2 Å². The molecule has 1 amide bonds. The number of carboxylic acid groups (broad SMARTS) is 1. The van der Waals surface area contributed by atoms with Crippen molar-refractivity contribution in [2.75, 3.05) is 6.54 Å². The number of hydrogen-bond acceptors (Lipinski definition) is 2. The lowest BCUT2D eigenvalue weighted by Gasteiger charge is -2.33. The Kier molecular flexibility index (Phi) is 3.88. The minimum atomic E-state index is -0.905. The predicted molar refractivity (Wildman–Crippen MR) is 72.2 cm³/mol. The van der Waals surface area contributed by atoms with Crippen LogP contribution >= 0.6 is 0 Å². The summed E-state index contributed by atoms with van der Waals surface area (Å²) in [7, 11) is 0. The molecule has 0 aromatic heterocycles. The molecular formula is C15H19NO3. The molecule has 1 unspecified atom stereocenters. The first-order chi connectivity index (χ1) is 8.99. The Labute approximate surface area is 113 Å². The van der Waals surface area contributed by atoms with Crippen LogP contribution in [0.3, 0.4) is 0 Å². The molecule has 1 heterocycles. The first-order valence-corrected chi connectivity index (χ1v) is 6.61. The van der Waals surface area contributed by atoms with Crippen molar-refractivity contribution in [3.63, 3.8) is 0 Å². The normalized spacial score (nSPS) is 19.3. The molecule has 4 nitrogen and oxygen atoms in total. The maximum Gasteiger partial charge on any atom is 0.326 e. The molecule has 0 saturated carbocycles. The first kappa shape index (κ1) is 13.6. The van der Waals surface area contributed by atoms with Crippen LogP contribution in [0.4, 0.5) is 0 Å². The number of carboxylic acids is 1. The van der Waals surface area contributed by atoms with Gasteiger partial charge in [-0.25, -0.2) is 4.79 Å². The molecule has 1 saturated heterocycles. The Morgan fingerprint density at radius 1 is 1.16 bits per heavy atom. The highest BCUT2D eigenvalue weighted by Gasteiger charge is 2.32.